The molecule has 0 aliphatic carbocycles. The number of ether oxygens (including phenoxy) is 1. The normalized spacial score (nSPS) is 10.6. The van der Waals surface area contributed by atoms with Crippen LogP contribution in [0.5, 0.6) is 11.5 Å². The van der Waals surface area contributed by atoms with E-state index >= 15 is 0 Å². The first kappa shape index (κ1) is 13.4. The quantitative estimate of drug-likeness (QED) is 0.873. The van der Waals surface area contributed by atoms with Crippen LogP contribution < -0.4 is 10.5 Å². The highest BCUT2D eigenvalue weighted by Crippen LogP contribution is 2.30. The molecule has 0 aromatic heterocycles. The second kappa shape index (κ2) is 6.20. The lowest BCUT2D eigenvalue weighted by atomic mass is 10.2. The molecule has 19 heavy (non-hydrogen) atoms. The van der Waals surface area contributed by atoms with Crippen LogP contribution in [0, 0.1) is 0 Å². The highest BCUT2D eigenvalue weighted by atomic mass is 79.9. The summed E-state index contributed by atoms with van der Waals surface area (Å²) >= 11 is 3.43. The average Bonchev–Trinajstić information content (AvgIpc) is 2.41. The van der Waals surface area contributed by atoms with Gasteiger partial charge in [0.05, 0.1) is 4.47 Å². The Morgan fingerprint density at radius 3 is 2.58 bits per heavy atom. The van der Waals surface area contributed by atoms with Gasteiger partial charge in [0.2, 0.25) is 5.91 Å². The van der Waals surface area contributed by atoms with Crippen LogP contribution >= 0.6 is 15.9 Å². The van der Waals surface area contributed by atoms with Crippen LogP contribution in [0.15, 0.2) is 59.1 Å². The second-order valence-corrected chi connectivity index (χ2v) is 4.70. The molecule has 0 bridgehead atoms. The first-order valence-electron chi connectivity index (χ1n) is 5.65. The molecule has 0 aliphatic heterocycles. The number of rotatable bonds is 4. The van der Waals surface area contributed by atoms with Crippen molar-refractivity contribution in [1.29, 1.82) is 0 Å². The highest BCUT2D eigenvalue weighted by Gasteiger charge is 2.03. The number of nitrogens with two attached hydrogens (primary N) is 1. The highest BCUT2D eigenvalue weighted by molar-refractivity contribution is 9.10. The Kier molecular flexibility index (Phi) is 4.36. The lowest BCUT2D eigenvalue weighted by Crippen LogP contribution is -2.05. The molecule has 0 spiro atoms. The Morgan fingerprint density at radius 1 is 1.16 bits per heavy atom. The van der Waals surface area contributed by atoms with E-state index in [0.29, 0.717) is 5.75 Å². The van der Waals surface area contributed by atoms with Crippen molar-refractivity contribution < 1.29 is 9.53 Å². The van der Waals surface area contributed by atoms with E-state index in [9.17, 15) is 4.79 Å². The van der Waals surface area contributed by atoms with Crippen molar-refractivity contribution in [3.05, 3.63) is 64.6 Å². The minimum atomic E-state index is -0.478. The van der Waals surface area contributed by atoms with Crippen molar-refractivity contribution in [2.24, 2.45) is 5.73 Å². The number of benzene rings is 2. The second-order valence-electron chi connectivity index (χ2n) is 3.84. The number of primary amides is 1. The molecule has 0 radical (unpaired) electrons. The van der Waals surface area contributed by atoms with E-state index in [1.807, 2.05) is 48.5 Å². The van der Waals surface area contributed by atoms with Crippen molar-refractivity contribution in [3.63, 3.8) is 0 Å². The third kappa shape index (κ3) is 3.96. The SMILES string of the molecule is NC(=O)C=Cc1ccc(Br)c(Oc2ccccc2)c1. The van der Waals surface area contributed by atoms with E-state index in [1.165, 1.54) is 6.08 Å². The van der Waals surface area contributed by atoms with Gasteiger partial charge in [-0.3, -0.25) is 4.79 Å². The summed E-state index contributed by atoms with van der Waals surface area (Å²) in [6, 6.07) is 15.0. The number of halogens is 1. The minimum Gasteiger partial charge on any atom is -0.456 e. The number of hydrogen-bond acceptors (Lipinski definition) is 2. The molecular formula is C15H12BrNO2. The van der Waals surface area contributed by atoms with Crippen molar-refractivity contribution >= 4 is 27.9 Å². The van der Waals surface area contributed by atoms with Gasteiger partial charge in [-0.05, 0) is 51.8 Å². The van der Waals surface area contributed by atoms with E-state index in [2.05, 4.69) is 15.9 Å². The predicted molar refractivity (Wildman–Crippen MR) is 78.9 cm³/mol. The molecule has 96 valence electrons. The zero-order valence-electron chi connectivity index (χ0n) is 10.0. The smallest absolute Gasteiger partial charge is 0.241 e. The Morgan fingerprint density at radius 2 is 1.89 bits per heavy atom. The van der Waals surface area contributed by atoms with Crippen molar-refractivity contribution in [2.75, 3.05) is 0 Å². The molecule has 0 aliphatic rings. The standard InChI is InChI=1S/C15H12BrNO2/c16-13-8-6-11(7-9-15(17)18)10-14(13)19-12-4-2-1-3-5-12/h1-10H,(H2,17,18). The topological polar surface area (TPSA) is 52.3 Å². The van der Waals surface area contributed by atoms with Gasteiger partial charge in [0, 0.05) is 6.08 Å². The molecule has 0 saturated carbocycles. The summed E-state index contributed by atoms with van der Waals surface area (Å²) in [6.45, 7) is 0. The Balaban J connectivity index is 2.25. The first-order valence-corrected chi connectivity index (χ1v) is 6.44. The molecule has 2 aromatic carbocycles. The Hall–Kier alpha value is -2.07. The molecule has 0 unspecified atom stereocenters. The maximum absolute atomic E-state index is 10.7. The van der Waals surface area contributed by atoms with Crippen LogP contribution in [0.25, 0.3) is 6.08 Å². The van der Waals surface area contributed by atoms with E-state index in [0.717, 1.165) is 15.8 Å². The van der Waals surface area contributed by atoms with Crippen molar-refractivity contribution in [3.8, 4) is 11.5 Å². The monoisotopic (exact) mass is 317 g/mol. The van der Waals surface area contributed by atoms with E-state index in [1.54, 1.807) is 6.08 Å². The van der Waals surface area contributed by atoms with Gasteiger partial charge in [-0.25, -0.2) is 0 Å². The summed E-state index contributed by atoms with van der Waals surface area (Å²) in [7, 11) is 0. The summed E-state index contributed by atoms with van der Waals surface area (Å²) in [6.07, 6.45) is 2.96. The Labute approximate surface area is 119 Å². The molecule has 2 rings (SSSR count). The maximum atomic E-state index is 10.7. The molecule has 2 aromatic rings. The van der Waals surface area contributed by atoms with Gasteiger partial charge in [0.15, 0.2) is 0 Å². The average molecular weight is 318 g/mol. The lowest BCUT2D eigenvalue weighted by molar-refractivity contribution is -0.113. The fraction of sp³-hybridized carbons (Fsp3) is 0. The number of para-hydroxylation sites is 1. The number of carbonyl (C=O) groups excluding carboxylic acids is 1. The van der Waals surface area contributed by atoms with Crippen LogP contribution in [-0.4, -0.2) is 5.91 Å². The van der Waals surface area contributed by atoms with Gasteiger partial charge in [-0.2, -0.15) is 0 Å². The van der Waals surface area contributed by atoms with Gasteiger partial charge in [0.25, 0.3) is 0 Å². The molecule has 1 amide bonds. The molecule has 2 N–H and O–H groups in total. The van der Waals surface area contributed by atoms with Gasteiger partial charge in [-0.15, -0.1) is 0 Å². The van der Waals surface area contributed by atoms with Gasteiger partial charge in [-0.1, -0.05) is 24.3 Å². The number of amides is 1. The van der Waals surface area contributed by atoms with Crippen molar-refractivity contribution in [2.45, 2.75) is 0 Å². The van der Waals surface area contributed by atoms with E-state index < -0.39 is 5.91 Å². The zero-order valence-corrected chi connectivity index (χ0v) is 11.6. The molecular weight excluding hydrogens is 306 g/mol. The molecule has 4 heteroatoms. The number of carbonyl (C=O) groups is 1. The van der Waals surface area contributed by atoms with Crippen LogP contribution in [0.3, 0.4) is 0 Å². The van der Waals surface area contributed by atoms with Gasteiger partial charge >= 0.3 is 0 Å². The van der Waals surface area contributed by atoms with Gasteiger partial charge < -0.3 is 10.5 Å². The zero-order chi connectivity index (χ0) is 13.7. The summed E-state index contributed by atoms with van der Waals surface area (Å²) < 4.78 is 6.60. The summed E-state index contributed by atoms with van der Waals surface area (Å²) in [5, 5.41) is 0. The van der Waals surface area contributed by atoms with Crippen LogP contribution in [0.2, 0.25) is 0 Å². The van der Waals surface area contributed by atoms with Gasteiger partial charge in [0.1, 0.15) is 11.5 Å². The molecule has 3 nitrogen and oxygen atoms in total. The van der Waals surface area contributed by atoms with Crippen LogP contribution in [0.4, 0.5) is 0 Å². The van der Waals surface area contributed by atoms with Crippen LogP contribution in [0.1, 0.15) is 5.56 Å². The number of hydrogen-bond donors (Lipinski definition) is 1. The molecule has 0 atom stereocenters. The third-order valence-electron chi connectivity index (χ3n) is 2.37. The summed E-state index contributed by atoms with van der Waals surface area (Å²) in [4.78, 5) is 10.7. The van der Waals surface area contributed by atoms with E-state index in [-0.39, 0.29) is 0 Å². The first-order chi connectivity index (χ1) is 9.15. The summed E-state index contributed by atoms with van der Waals surface area (Å²) in [5.74, 6) is 0.950. The minimum absolute atomic E-state index is 0.478. The Bertz CT molecular complexity index is 609. The molecule has 0 heterocycles. The molecule has 0 fully saturated rings. The molecule has 0 saturated heterocycles. The predicted octanol–water partition coefficient (Wildman–Crippen LogP) is 3.74. The fourth-order valence-electron chi connectivity index (χ4n) is 1.50. The van der Waals surface area contributed by atoms with E-state index in [4.69, 9.17) is 10.5 Å². The van der Waals surface area contributed by atoms with Crippen molar-refractivity contribution in [1.82, 2.24) is 0 Å². The lowest BCUT2D eigenvalue weighted by Gasteiger charge is -2.08. The maximum Gasteiger partial charge on any atom is 0.241 e. The largest absolute Gasteiger partial charge is 0.456 e. The summed E-state index contributed by atoms with van der Waals surface area (Å²) in [5.41, 5.74) is 5.91. The fourth-order valence-corrected chi connectivity index (χ4v) is 1.82. The third-order valence-corrected chi connectivity index (χ3v) is 3.02. The van der Waals surface area contributed by atoms with Crippen LogP contribution in [-0.2, 0) is 4.79 Å².